The first-order valence-corrected chi connectivity index (χ1v) is 8.91. The number of nitrogens with one attached hydrogen (secondary N) is 1. The molecule has 0 aromatic heterocycles. The maximum Gasteiger partial charge on any atom is 0.241 e. The molecule has 1 N–H and O–H groups in total. The molecule has 1 fully saturated rings. The molecule has 1 aliphatic heterocycles. The van der Waals surface area contributed by atoms with Crippen LogP contribution >= 0.6 is 0 Å². The lowest BCUT2D eigenvalue weighted by Crippen LogP contribution is -2.40. The van der Waals surface area contributed by atoms with Gasteiger partial charge in [0.25, 0.3) is 0 Å². The van der Waals surface area contributed by atoms with Crippen molar-refractivity contribution in [2.24, 2.45) is 0 Å². The Kier molecular flexibility index (Phi) is 4.85. The van der Waals surface area contributed by atoms with Crippen molar-refractivity contribution < 1.29 is 18.0 Å². The number of nitrogens with zero attached hydrogens (tertiary/aromatic N) is 1. The van der Waals surface area contributed by atoms with Gasteiger partial charge in [0, 0.05) is 24.3 Å². The van der Waals surface area contributed by atoms with Crippen molar-refractivity contribution in [3.63, 3.8) is 0 Å². The molecule has 1 amide bonds. The van der Waals surface area contributed by atoms with Crippen molar-refractivity contribution in [3.8, 4) is 0 Å². The summed E-state index contributed by atoms with van der Waals surface area (Å²) in [5.74, 6) is -0.0306. The van der Waals surface area contributed by atoms with E-state index in [1.54, 1.807) is 31.3 Å². The Hall–Kier alpha value is -1.89. The maximum atomic E-state index is 12.1. The highest BCUT2D eigenvalue weighted by atomic mass is 32.2. The van der Waals surface area contributed by atoms with Crippen LogP contribution in [0.15, 0.2) is 24.3 Å². The van der Waals surface area contributed by atoms with E-state index in [1.165, 1.54) is 11.8 Å². The van der Waals surface area contributed by atoms with E-state index >= 15 is 0 Å². The van der Waals surface area contributed by atoms with Crippen molar-refractivity contribution in [2.75, 3.05) is 30.4 Å². The number of Topliss-reactive ketones (excluding diaryl/α,β-unsaturated/α-hetero) is 1. The van der Waals surface area contributed by atoms with Crippen LogP contribution < -0.4 is 5.32 Å². The molecule has 22 heavy (non-hydrogen) atoms. The summed E-state index contributed by atoms with van der Waals surface area (Å²) >= 11 is 0. The highest BCUT2D eigenvalue weighted by molar-refractivity contribution is 7.91. The lowest BCUT2D eigenvalue weighted by Gasteiger charge is -2.23. The van der Waals surface area contributed by atoms with Gasteiger partial charge < -0.3 is 10.2 Å². The molecule has 2 rings (SSSR count). The lowest BCUT2D eigenvalue weighted by atomic mass is 10.1. The number of anilines is 1. The van der Waals surface area contributed by atoms with E-state index in [9.17, 15) is 18.0 Å². The molecule has 1 unspecified atom stereocenters. The molecule has 0 aliphatic carbocycles. The molecule has 6 nitrogen and oxygen atoms in total. The number of carbonyl (C=O) groups is 2. The summed E-state index contributed by atoms with van der Waals surface area (Å²) in [5, 5.41) is 2.97. The number of ketones is 1. The van der Waals surface area contributed by atoms with E-state index in [1.807, 2.05) is 0 Å². The molecule has 120 valence electrons. The van der Waals surface area contributed by atoms with Gasteiger partial charge in [-0.2, -0.15) is 0 Å². The van der Waals surface area contributed by atoms with E-state index in [0.717, 1.165) is 0 Å². The average Bonchev–Trinajstić information content (AvgIpc) is 2.84. The van der Waals surface area contributed by atoms with Crippen LogP contribution in [-0.4, -0.2) is 56.1 Å². The minimum absolute atomic E-state index is 0.0368. The van der Waals surface area contributed by atoms with Crippen LogP contribution in [0.4, 0.5) is 5.69 Å². The number of benzene rings is 1. The van der Waals surface area contributed by atoms with E-state index in [4.69, 9.17) is 0 Å². The summed E-state index contributed by atoms with van der Waals surface area (Å²) in [5.41, 5.74) is 1.26. The molecule has 1 aromatic rings. The highest BCUT2D eigenvalue weighted by Crippen LogP contribution is 2.17. The summed E-state index contributed by atoms with van der Waals surface area (Å²) in [6.45, 7) is 1.55. The van der Waals surface area contributed by atoms with Gasteiger partial charge in [0.05, 0.1) is 18.1 Å². The second kappa shape index (κ2) is 6.48. The Morgan fingerprint density at radius 3 is 2.68 bits per heavy atom. The van der Waals surface area contributed by atoms with Gasteiger partial charge in [0.15, 0.2) is 15.6 Å². The first-order valence-electron chi connectivity index (χ1n) is 7.09. The quantitative estimate of drug-likeness (QED) is 0.815. The molecule has 0 saturated carbocycles. The Balaban J connectivity index is 1.92. The third kappa shape index (κ3) is 4.07. The van der Waals surface area contributed by atoms with E-state index in [-0.39, 0.29) is 35.8 Å². The van der Waals surface area contributed by atoms with E-state index in [2.05, 4.69) is 5.32 Å². The molecule has 7 heteroatoms. The van der Waals surface area contributed by atoms with Crippen molar-refractivity contribution in [1.82, 2.24) is 4.90 Å². The zero-order chi connectivity index (χ0) is 16.3. The minimum Gasteiger partial charge on any atom is -0.376 e. The number of hydrogen-bond donors (Lipinski definition) is 1. The number of amides is 1. The van der Waals surface area contributed by atoms with Crippen molar-refractivity contribution in [3.05, 3.63) is 29.8 Å². The van der Waals surface area contributed by atoms with Gasteiger partial charge in [-0.15, -0.1) is 0 Å². The molecule has 1 atom stereocenters. The fraction of sp³-hybridized carbons (Fsp3) is 0.467. The monoisotopic (exact) mass is 324 g/mol. The van der Waals surface area contributed by atoms with Gasteiger partial charge in [0.1, 0.15) is 0 Å². The standard InChI is InChI=1S/C15H20N2O4S/c1-11(18)12-4-3-5-13(8-12)16-9-15(19)17(2)14-6-7-22(20,21)10-14/h3-5,8,14,16H,6-7,9-10H2,1-2H3. The zero-order valence-corrected chi connectivity index (χ0v) is 13.5. The van der Waals surface area contributed by atoms with Crippen LogP contribution in [0.1, 0.15) is 23.7 Å². The summed E-state index contributed by atoms with van der Waals surface area (Å²) in [6.07, 6.45) is 0.490. The normalized spacial score (nSPS) is 19.6. The van der Waals surface area contributed by atoms with E-state index < -0.39 is 9.84 Å². The first kappa shape index (κ1) is 16.5. The molecule has 0 spiro atoms. The summed E-state index contributed by atoms with van der Waals surface area (Å²) < 4.78 is 22.9. The predicted molar refractivity (Wildman–Crippen MR) is 84.8 cm³/mol. The van der Waals surface area contributed by atoms with Gasteiger partial charge in [-0.3, -0.25) is 9.59 Å². The Morgan fingerprint density at radius 2 is 2.09 bits per heavy atom. The van der Waals surface area contributed by atoms with Crippen LogP contribution in [0, 0.1) is 0 Å². The molecule has 1 saturated heterocycles. The predicted octanol–water partition coefficient (Wildman–Crippen LogP) is 0.947. The van der Waals surface area contributed by atoms with Crippen LogP contribution in [0.5, 0.6) is 0 Å². The van der Waals surface area contributed by atoms with Crippen molar-refractivity contribution in [2.45, 2.75) is 19.4 Å². The van der Waals surface area contributed by atoms with Gasteiger partial charge >= 0.3 is 0 Å². The smallest absolute Gasteiger partial charge is 0.241 e. The molecule has 0 radical (unpaired) electrons. The second-order valence-corrected chi connectivity index (χ2v) is 7.78. The molecular formula is C15H20N2O4S. The fourth-order valence-electron chi connectivity index (χ4n) is 2.43. The Labute approximate surface area is 130 Å². The zero-order valence-electron chi connectivity index (χ0n) is 12.7. The van der Waals surface area contributed by atoms with Crippen LogP contribution in [0.2, 0.25) is 0 Å². The third-order valence-electron chi connectivity index (χ3n) is 3.86. The highest BCUT2D eigenvalue weighted by Gasteiger charge is 2.32. The largest absolute Gasteiger partial charge is 0.376 e. The van der Waals surface area contributed by atoms with Crippen molar-refractivity contribution >= 4 is 27.2 Å². The third-order valence-corrected chi connectivity index (χ3v) is 5.61. The average molecular weight is 324 g/mol. The van der Waals surface area contributed by atoms with Crippen LogP contribution in [-0.2, 0) is 14.6 Å². The number of likely N-dealkylation sites (N-methyl/N-ethyl adjacent to an activating group) is 1. The van der Waals surface area contributed by atoms with Gasteiger partial charge in [-0.05, 0) is 25.5 Å². The molecule has 1 heterocycles. The molecule has 0 bridgehead atoms. The lowest BCUT2D eigenvalue weighted by molar-refractivity contribution is -0.129. The number of sulfone groups is 1. The number of hydrogen-bond acceptors (Lipinski definition) is 5. The van der Waals surface area contributed by atoms with Gasteiger partial charge in [-0.1, -0.05) is 12.1 Å². The van der Waals surface area contributed by atoms with Crippen LogP contribution in [0.25, 0.3) is 0 Å². The second-order valence-electron chi connectivity index (χ2n) is 5.55. The molecule has 1 aliphatic rings. The van der Waals surface area contributed by atoms with Crippen LogP contribution in [0.3, 0.4) is 0 Å². The first-order chi connectivity index (χ1) is 10.3. The molecular weight excluding hydrogens is 304 g/mol. The number of carbonyl (C=O) groups excluding carboxylic acids is 2. The topological polar surface area (TPSA) is 83.6 Å². The van der Waals surface area contributed by atoms with Gasteiger partial charge in [0.2, 0.25) is 5.91 Å². The number of rotatable bonds is 5. The Bertz CT molecular complexity index is 685. The minimum atomic E-state index is -3.01. The summed E-state index contributed by atoms with van der Waals surface area (Å²) in [7, 11) is -1.38. The molecule has 1 aromatic carbocycles. The summed E-state index contributed by atoms with van der Waals surface area (Å²) in [4.78, 5) is 24.9. The van der Waals surface area contributed by atoms with Crippen molar-refractivity contribution in [1.29, 1.82) is 0 Å². The summed E-state index contributed by atoms with van der Waals surface area (Å²) in [6, 6.07) is 6.68. The fourth-order valence-corrected chi connectivity index (χ4v) is 4.21. The maximum absolute atomic E-state index is 12.1. The Morgan fingerprint density at radius 1 is 1.36 bits per heavy atom. The SMILES string of the molecule is CC(=O)c1cccc(NCC(=O)N(C)C2CCS(=O)(=O)C2)c1. The van der Waals surface area contributed by atoms with E-state index in [0.29, 0.717) is 17.7 Å². The van der Waals surface area contributed by atoms with Gasteiger partial charge in [-0.25, -0.2) is 8.42 Å².